The van der Waals surface area contributed by atoms with Crippen molar-refractivity contribution in [2.24, 2.45) is 0 Å². The molecule has 1 aromatic carbocycles. The molecule has 2 rings (SSSR count). The molecular weight excluding hydrogens is 395 g/mol. The van der Waals surface area contributed by atoms with Crippen LogP contribution in [0, 0.1) is 0 Å². The Bertz CT molecular complexity index is 772. The van der Waals surface area contributed by atoms with Gasteiger partial charge >= 0.3 is 12.4 Å². The summed E-state index contributed by atoms with van der Waals surface area (Å²) in [5, 5.41) is 2.74. The molecule has 0 bridgehead atoms. The smallest absolute Gasteiger partial charge is 0.384 e. The molecule has 0 aliphatic heterocycles. The largest absolute Gasteiger partial charge is 0.435 e. The van der Waals surface area contributed by atoms with E-state index in [0.29, 0.717) is 12.1 Å². The van der Waals surface area contributed by atoms with Crippen molar-refractivity contribution in [3.63, 3.8) is 0 Å². The van der Waals surface area contributed by atoms with Crippen LogP contribution >= 0.6 is 23.2 Å². The van der Waals surface area contributed by atoms with Gasteiger partial charge in [-0.25, -0.2) is 4.68 Å². The highest BCUT2D eigenvalue weighted by molar-refractivity contribution is 6.36. The first-order chi connectivity index (χ1) is 11.4. The second kappa shape index (κ2) is 6.60. The Morgan fingerprint density at radius 2 is 1.52 bits per heavy atom. The van der Waals surface area contributed by atoms with Crippen molar-refractivity contribution in [2.45, 2.75) is 32.2 Å². The standard InChI is InChI=1S/C14H11Cl2F6N3/c1-2-7-11(14(20,21)22)24-25(12(7)23)5-8-9(15)3-6(4-10(8)16)13(17,18)19/h3-4H,2,5,23H2,1H3. The molecule has 2 aromatic rings. The molecule has 0 spiro atoms. The Hall–Kier alpha value is -1.61. The van der Waals surface area contributed by atoms with E-state index < -0.39 is 30.2 Å². The molecule has 0 saturated carbocycles. The summed E-state index contributed by atoms with van der Waals surface area (Å²) in [6, 6.07) is 1.29. The monoisotopic (exact) mass is 405 g/mol. The first-order valence-electron chi connectivity index (χ1n) is 6.83. The van der Waals surface area contributed by atoms with E-state index in [1.807, 2.05) is 0 Å². The number of hydrogen-bond acceptors (Lipinski definition) is 2. The number of alkyl halides is 6. The van der Waals surface area contributed by atoms with Crippen LogP contribution in [0.15, 0.2) is 12.1 Å². The zero-order valence-electron chi connectivity index (χ0n) is 12.6. The van der Waals surface area contributed by atoms with E-state index in [0.717, 1.165) is 4.68 Å². The summed E-state index contributed by atoms with van der Waals surface area (Å²) in [4.78, 5) is 0. The van der Waals surface area contributed by atoms with Gasteiger partial charge in [-0.15, -0.1) is 0 Å². The van der Waals surface area contributed by atoms with Crippen molar-refractivity contribution in [2.75, 3.05) is 5.73 Å². The molecule has 2 N–H and O–H groups in total. The number of nitrogens with two attached hydrogens (primary N) is 1. The first kappa shape index (κ1) is 19.7. The number of rotatable bonds is 3. The Morgan fingerprint density at radius 3 is 1.88 bits per heavy atom. The third-order valence-corrected chi connectivity index (χ3v) is 4.17. The predicted octanol–water partition coefficient (Wildman–Crippen LogP) is 5.42. The van der Waals surface area contributed by atoms with Crippen LogP contribution in [0.1, 0.15) is 29.3 Å². The molecular formula is C14H11Cl2F6N3. The number of nitrogens with zero attached hydrogens (tertiary/aromatic N) is 2. The van der Waals surface area contributed by atoms with Crippen LogP contribution in [0.25, 0.3) is 0 Å². The minimum Gasteiger partial charge on any atom is -0.384 e. The minimum absolute atomic E-state index is 0.0121. The lowest BCUT2D eigenvalue weighted by atomic mass is 10.1. The second-order valence-corrected chi connectivity index (χ2v) is 5.95. The number of hydrogen-bond donors (Lipinski definition) is 1. The summed E-state index contributed by atoms with van der Waals surface area (Å²) in [5.74, 6) is -0.248. The highest BCUT2D eigenvalue weighted by Gasteiger charge is 2.38. The summed E-state index contributed by atoms with van der Waals surface area (Å²) in [5.41, 5.74) is 3.27. The maximum Gasteiger partial charge on any atom is 0.435 e. The molecule has 0 amide bonds. The molecule has 138 valence electrons. The predicted molar refractivity (Wildman–Crippen MR) is 81.6 cm³/mol. The van der Waals surface area contributed by atoms with Crippen molar-refractivity contribution in [1.82, 2.24) is 9.78 Å². The van der Waals surface area contributed by atoms with Crippen LogP contribution in [0.2, 0.25) is 10.0 Å². The number of halogens is 8. The molecule has 0 saturated heterocycles. The summed E-state index contributed by atoms with van der Waals surface area (Å²) in [7, 11) is 0. The molecule has 0 aliphatic carbocycles. The van der Waals surface area contributed by atoms with Crippen molar-refractivity contribution in [3.8, 4) is 0 Å². The van der Waals surface area contributed by atoms with Gasteiger partial charge in [0.15, 0.2) is 5.69 Å². The van der Waals surface area contributed by atoms with Crippen LogP contribution in [0.5, 0.6) is 0 Å². The molecule has 0 aliphatic rings. The third kappa shape index (κ3) is 3.98. The maximum absolute atomic E-state index is 13.0. The van der Waals surface area contributed by atoms with Crippen LogP contribution in [-0.4, -0.2) is 9.78 Å². The van der Waals surface area contributed by atoms with Gasteiger partial charge in [0.1, 0.15) is 5.82 Å². The number of nitrogen functional groups attached to an aromatic ring is 1. The lowest BCUT2D eigenvalue weighted by molar-refractivity contribution is -0.142. The highest BCUT2D eigenvalue weighted by Crippen LogP contribution is 2.38. The van der Waals surface area contributed by atoms with Crippen molar-refractivity contribution in [1.29, 1.82) is 0 Å². The van der Waals surface area contributed by atoms with Gasteiger partial charge in [0.05, 0.1) is 12.1 Å². The first-order valence-corrected chi connectivity index (χ1v) is 7.59. The molecule has 0 atom stereocenters. The van der Waals surface area contributed by atoms with E-state index in [2.05, 4.69) is 5.10 Å². The van der Waals surface area contributed by atoms with Crippen LogP contribution in [0.3, 0.4) is 0 Å². The van der Waals surface area contributed by atoms with Gasteiger partial charge in [-0.05, 0) is 18.6 Å². The van der Waals surface area contributed by atoms with E-state index in [1.54, 1.807) is 0 Å². The van der Waals surface area contributed by atoms with Gasteiger partial charge < -0.3 is 5.73 Å². The lowest BCUT2D eigenvalue weighted by Gasteiger charge is -2.13. The highest BCUT2D eigenvalue weighted by atomic mass is 35.5. The Labute approximate surface area is 148 Å². The van der Waals surface area contributed by atoms with Crippen molar-refractivity contribution in [3.05, 3.63) is 44.6 Å². The third-order valence-electron chi connectivity index (χ3n) is 3.49. The van der Waals surface area contributed by atoms with E-state index in [-0.39, 0.29) is 33.4 Å². The maximum atomic E-state index is 13.0. The number of benzene rings is 1. The number of aromatic nitrogens is 2. The Morgan fingerprint density at radius 1 is 1.00 bits per heavy atom. The van der Waals surface area contributed by atoms with Crippen LogP contribution < -0.4 is 5.73 Å². The van der Waals surface area contributed by atoms with Crippen LogP contribution in [0.4, 0.5) is 32.2 Å². The fraction of sp³-hybridized carbons (Fsp3) is 0.357. The van der Waals surface area contributed by atoms with Crippen molar-refractivity contribution >= 4 is 29.0 Å². The molecule has 1 heterocycles. The second-order valence-electron chi connectivity index (χ2n) is 5.14. The van der Waals surface area contributed by atoms with Gasteiger partial charge in [-0.1, -0.05) is 30.1 Å². The summed E-state index contributed by atoms with van der Waals surface area (Å²) < 4.78 is 78.0. The molecule has 1 aromatic heterocycles. The molecule has 0 radical (unpaired) electrons. The van der Waals surface area contributed by atoms with E-state index in [9.17, 15) is 26.3 Å². The van der Waals surface area contributed by atoms with E-state index in [4.69, 9.17) is 28.9 Å². The lowest BCUT2D eigenvalue weighted by Crippen LogP contribution is -2.11. The quantitative estimate of drug-likeness (QED) is 0.692. The Balaban J connectivity index is 2.49. The molecule has 0 fully saturated rings. The molecule has 11 heteroatoms. The SMILES string of the molecule is CCc1c(C(F)(F)F)nn(Cc2c(Cl)cc(C(F)(F)F)cc2Cl)c1N. The van der Waals surface area contributed by atoms with Gasteiger partial charge in [0.2, 0.25) is 0 Å². The van der Waals surface area contributed by atoms with Gasteiger partial charge in [-0.2, -0.15) is 31.4 Å². The zero-order valence-corrected chi connectivity index (χ0v) is 14.1. The minimum atomic E-state index is -4.71. The van der Waals surface area contributed by atoms with Crippen molar-refractivity contribution < 1.29 is 26.3 Å². The zero-order chi connectivity index (χ0) is 19.2. The normalized spacial score (nSPS) is 12.7. The Kier molecular flexibility index (Phi) is 5.21. The van der Waals surface area contributed by atoms with E-state index >= 15 is 0 Å². The summed E-state index contributed by atoms with van der Waals surface area (Å²) in [6.07, 6.45) is -9.39. The average Bonchev–Trinajstić information content (AvgIpc) is 2.78. The van der Waals surface area contributed by atoms with Crippen LogP contribution in [-0.2, 0) is 25.3 Å². The van der Waals surface area contributed by atoms with Gasteiger partial charge in [0, 0.05) is 21.2 Å². The molecule has 25 heavy (non-hydrogen) atoms. The topological polar surface area (TPSA) is 43.8 Å². The molecule has 3 nitrogen and oxygen atoms in total. The van der Waals surface area contributed by atoms with E-state index in [1.165, 1.54) is 6.92 Å². The summed E-state index contributed by atoms with van der Waals surface area (Å²) in [6.45, 7) is 1.08. The van der Waals surface area contributed by atoms with Gasteiger partial charge in [-0.3, -0.25) is 0 Å². The van der Waals surface area contributed by atoms with Gasteiger partial charge in [0.25, 0.3) is 0 Å². The summed E-state index contributed by atoms with van der Waals surface area (Å²) >= 11 is 11.6. The number of anilines is 1. The average molecular weight is 406 g/mol. The fourth-order valence-corrected chi connectivity index (χ4v) is 2.88. The molecule has 0 unspecified atom stereocenters. The fourth-order valence-electron chi connectivity index (χ4n) is 2.28.